The van der Waals surface area contributed by atoms with E-state index in [1.807, 2.05) is 17.5 Å². The van der Waals surface area contributed by atoms with Gasteiger partial charge in [0.15, 0.2) is 17.2 Å². The Morgan fingerprint density at radius 3 is 2.87 bits per heavy atom. The van der Waals surface area contributed by atoms with Crippen LogP contribution in [0.3, 0.4) is 0 Å². The summed E-state index contributed by atoms with van der Waals surface area (Å²) in [7, 11) is 1.83. The van der Waals surface area contributed by atoms with Crippen molar-refractivity contribution < 1.29 is 18.7 Å². The number of likely N-dealkylation sites (tertiary alicyclic amines) is 1. The fourth-order valence-electron chi connectivity index (χ4n) is 4.92. The first-order valence-corrected chi connectivity index (χ1v) is 10.5. The van der Waals surface area contributed by atoms with Gasteiger partial charge in [0, 0.05) is 43.2 Å². The monoisotopic (exact) mass is 423 g/mol. The molecule has 8 nitrogen and oxygen atoms in total. The molecule has 9 heteroatoms. The Morgan fingerprint density at radius 1 is 1.19 bits per heavy atom. The van der Waals surface area contributed by atoms with Crippen LogP contribution in [0, 0.1) is 5.82 Å². The highest BCUT2D eigenvalue weighted by Crippen LogP contribution is 2.42. The third kappa shape index (κ3) is 2.83. The van der Waals surface area contributed by atoms with E-state index in [2.05, 4.69) is 15.5 Å². The zero-order valence-electron chi connectivity index (χ0n) is 17.1. The molecule has 1 saturated heterocycles. The van der Waals surface area contributed by atoms with Gasteiger partial charge in [0.2, 0.25) is 5.91 Å². The molecule has 5 heterocycles. The number of nitrogens with zero attached hydrogens (tertiary/aromatic N) is 4. The minimum absolute atomic E-state index is 0.0431. The standard InChI is InChI=1S/C22H22FN5O3/c1-27-5-4-12(6-19(27)29)14-7-18-22(28-11-25-26-21(14)28)24-8-15-16(23)2-3-17-20(15)13(9-30-17)10-31-18/h2-3,7,11-13,24H,4-6,8-10H2,1H3/t12-,13+/m1/s1. The van der Waals surface area contributed by atoms with Crippen molar-refractivity contribution >= 4 is 17.4 Å². The number of nitrogens with one attached hydrogen (secondary N) is 1. The first kappa shape index (κ1) is 18.4. The van der Waals surface area contributed by atoms with E-state index in [1.165, 1.54) is 6.07 Å². The third-order valence-electron chi connectivity index (χ3n) is 6.65. The summed E-state index contributed by atoms with van der Waals surface area (Å²) in [6.07, 6.45) is 2.91. The molecular weight excluding hydrogens is 401 g/mol. The highest BCUT2D eigenvalue weighted by Gasteiger charge is 2.33. The number of amides is 1. The summed E-state index contributed by atoms with van der Waals surface area (Å²) in [5, 5.41) is 11.8. The first-order valence-electron chi connectivity index (χ1n) is 10.5. The second kappa shape index (κ2) is 6.83. The number of hydrogen-bond donors (Lipinski definition) is 1. The molecule has 3 aliphatic rings. The number of fused-ring (bicyclic) bond motifs is 3. The van der Waals surface area contributed by atoms with Crippen molar-refractivity contribution in [3.05, 3.63) is 47.0 Å². The van der Waals surface area contributed by atoms with Crippen molar-refractivity contribution in [1.82, 2.24) is 19.5 Å². The highest BCUT2D eigenvalue weighted by molar-refractivity contribution is 5.78. The van der Waals surface area contributed by atoms with E-state index in [1.54, 1.807) is 17.3 Å². The molecule has 1 N–H and O–H groups in total. The van der Waals surface area contributed by atoms with E-state index < -0.39 is 0 Å². The molecule has 3 aromatic rings. The average Bonchev–Trinajstić information content (AvgIpc) is 3.41. The van der Waals surface area contributed by atoms with Gasteiger partial charge in [-0.25, -0.2) is 4.39 Å². The molecule has 3 aliphatic heterocycles. The lowest BCUT2D eigenvalue weighted by Crippen LogP contribution is -2.35. The van der Waals surface area contributed by atoms with Crippen molar-refractivity contribution in [2.75, 3.05) is 32.1 Å². The van der Waals surface area contributed by atoms with E-state index in [-0.39, 0.29) is 23.6 Å². The summed E-state index contributed by atoms with van der Waals surface area (Å²) in [6, 6.07) is 5.11. The maximum absolute atomic E-state index is 14.7. The molecule has 0 unspecified atom stereocenters. The van der Waals surface area contributed by atoms with Crippen molar-refractivity contribution in [2.45, 2.75) is 31.2 Å². The summed E-state index contributed by atoms with van der Waals surface area (Å²) in [6.45, 7) is 1.84. The Balaban J connectivity index is 1.45. The minimum Gasteiger partial charge on any atom is -0.493 e. The number of pyridine rings is 1. The number of piperidine rings is 1. The van der Waals surface area contributed by atoms with E-state index in [9.17, 15) is 9.18 Å². The van der Waals surface area contributed by atoms with Gasteiger partial charge in [-0.1, -0.05) is 0 Å². The largest absolute Gasteiger partial charge is 0.493 e. The van der Waals surface area contributed by atoms with Gasteiger partial charge in [0.25, 0.3) is 0 Å². The Kier molecular flexibility index (Phi) is 4.06. The Bertz CT molecular complexity index is 1210. The SMILES string of the molecule is CN1CC[C@@H](c2cc3c(n4cnnc24)NCc2c(F)ccc4c2[C@@H](CO4)CO3)CC1=O. The topological polar surface area (TPSA) is 81.0 Å². The van der Waals surface area contributed by atoms with Crippen LogP contribution < -0.4 is 14.8 Å². The maximum atomic E-state index is 14.7. The van der Waals surface area contributed by atoms with E-state index >= 15 is 0 Å². The van der Waals surface area contributed by atoms with Gasteiger partial charge in [-0.3, -0.25) is 9.20 Å². The normalized spacial score (nSPS) is 22.5. The summed E-state index contributed by atoms with van der Waals surface area (Å²) >= 11 is 0. The molecular formula is C22H22FN5O3. The number of benzene rings is 1. The van der Waals surface area contributed by atoms with Crippen molar-refractivity contribution in [3.63, 3.8) is 0 Å². The summed E-state index contributed by atoms with van der Waals surface area (Å²) < 4.78 is 28.6. The lowest BCUT2D eigenvalue weighted by atomic mass is 9.89. The molecule has 0 aliphatic carbocycles. The van der Waals surface area contributed by atoms with Crippen LogP contribution >= 0.6 is 0 Å². The quantitative estimate of drug-likeness (QED) is 0.648. The number of halogens is 1. The predicted octanol–water partition coefficient (Wildman–Crippen LogP) is 2.68. The van der Waals surface area contributed by atoms with Crippen LogP contribution in [0.4, 0.5) is 10.2 Å². The van der Waals surface area contributed by atoms with Gasteiger partial charge in [-0.05, 0) is 30.5 Å². The van der Waals surface area contributed by atoms with Crippen molar-refractivity contribution in [3.8, 4) is 11.5 Å². The molecule has 0 saturated carbocycles. The van der Waals surface area contributed by atoms with Gasteiger partial charge in [-0.15, -0.1) is 10.2 Å². The van der Waals surface area contributed by atoms with Crippen LogP contribution in [0.5, 0.6) is 11.5 Å². The van der Waals surface area contributed by atoms with Crippen LogP contribution in [0.15, 0.2) is 24.5 Å². The van der Waals surface area contributed by atoms with Gasteiger partial charge in [0.05, 0.1) is 19.1 Å². The van der Waals surface area contributed by atoms with E-state index in [0.29, 0.717) is 55.5 Å². The third-order valence-corrected chi connectivity index (χ3v) is 6.65. The first-order chi connectivity index (χ1) is 15.1. The van der Waals surface area contributed by atoms with Crippen molar-refractivity contribution in [2.24, 2.45) is 0 Å². The molecule has 2 atom stereocenters. The predicted molar refractivity (Wildman–Crippen MR) is 110 cm³/mol. The number of aromatic nitrogens is 3. The Labute approximate surface area is 178 Å². The second-order valence-corrected chi connectivity index (χ2v) is 8.45. The number of rotatable bonds is 1. The van der Waals surface area contributed by atoms with E-state index in [4.69, 9.17) is 9.47 Å². The van der Waals surface area contributed by atoms with Gasteiger partial charge < -0.3 is 19.7 Å². The summed E-state index contributed by atoms with van der Waals surface area (Å²) in [4.78, 5) is 14.1. The maximum Gasteiger partial charge on any atom is 0.222 e. The van der Waals surface area contributed by atoms with Gasteiger partial charge >= 0.3 is 0 Å². The van der Waals surface area contributed by atoms with Crippen LogP contribution in [-0.4, -0.2) is 52.2 Å². The lowest BCUT2D eigenvalue weighted by Gasteiger charge is -2.29. The number of ether oxygens (including phenoxy) is 2. The molecule has 0 spiro atoms. The molecule has 1 aromatic carbocycles. The second-order valence-electron chi connectivity index (χ2n) is 8.45. The average molecular weight is 423 g/mol. The van der Waals surface area contributed by atoms with Crippen LogP contribution in [0.1, 0.15) is 41.4 Å². The molecule has 6 rings (SSSR count). The molecule has 2 aromatic heterocycles. The van der Waals surface area contributed by atoms with Crippen LogP contribution in [0.25, 0.3) is 5.65 Å². The Morgan fingerprint density at radius 2 is 2.03 bits per heavy atom. The summed E-state index contributed by atoms with van der Waals surface area (Å²) in [5.74, 6) is 1.92. The lowest BCUT2D eigenvalue weighted by molar-refractivity contribution is -0.132. The molecule has 31 heavy (non-hydrogen) atoms. The smallest absolute Gasteiger partial charge is 0.222 e. The number of anilines is 1. The molecule has 160 valence electrons. The van der Waals surface area contributed by atoms with E-state index in [0.717, 1.165) is 23.3 Å². The van der Waals surface area contributed by atoms with Gasteiger partial charge in [0.1, 0.15) is 17.9 Å². The summed E-state index contributed by atoms with van der Waals surface area (Å²) in [5.41, 5.74) is 3.12. The number of hydrogen-bond acceptors (Lipinski definition) is 6. The fraction of sp³-hybridized carbons (Fsp3) is 0.409. The zero-order chi connectivity index (χ0) is 21.1. The highest BCUT2D eigenvalue weighted by atomic mass is 19.1. The molecule has 0 radical (unpaired) electrons. The van der Waals surface area contributed by atoms with Gasteiger partial charge in [-0.2, -0.15) is 0 Å². The number of carbonyl (C=O) groups is 1. The fourth-order valence-corrected chi connectivity index (χ4v) is 4.92. The molecule has 0 bridgehead atoms. The Hall–Kier alpha value is -3.36. The number of carbonyl (C=O) groups excluding carboxylic acids is 1. The van der Waals surface area contributed by atoms with Crippen LogP contribution in [-0.2, 0) is 11.3 Å². The minimum atomic E-state index is -0.258. The molecule has 1 amide bonds. The van der Waals surface area contributed by atoms with Crippen LogP contribution in [0.2, 0.25) is 0 Å². The van der Waals surface area contributed by atoms with Crippen molar-refractivity contribution in [1.29, 1.82) is 0 Å². The molecule has 1 fully saturated rings. The zero-order valence-corrected chi connectivity index (χ0v) is 17.1.